The van der Waals surface area contributed by atoms with Gasteiger partial charge in [-0.2, -0.15) is 0 Å². The highest BCUT2D eigenvalue weighted by molar-refractivity contribution is 8.00. The fraction of sp³-hybridized carbons (Fsp3) is 0.407. The van der Waals surface area contributed by atoms with Gasteiger partial charge in [0.25, 0.3) is 5.91 Å². The summed E-state index contributed by atoms with van der Waals surface area (Å²) in [7, 11) is 0. The Hall–Kier alpha value is -3.93. The number of aromatic nitrogens is 1. The molecule has 1 fully saturated rings. The molecule has 0 radical (unpaired) electrons. The largest absolute Gasteiger partial charge is 0.467 e. The average Bonchev–Trinajstić information content (AvgIpc) is 3.70. The summed E-state index contributed by atoms with van der Waals surface area (Å²) in [4.78, 5) is 41.3. The van der Waals surface area contributed by atoms with Gasteiger partial charge in [-0.15, -0.1) is 11.8 Å². The van der Waals surface area contributed by atoms with Crippen LogP contribution in [0.15, 0.2) is 51.6 Å². The summed E-state index contributed by atoms with van der Waals surface area (Å²) in [5.74, 6) is 1.17. The second kappa shape index (κ2) is 12.3. The lowest BCUT2D eigenvalue weighted by molar-refractivity contribution is -0.127. The minimum Gasteiger partial charge on any atom is -0.467 e. The zero-order valence-electron chi connectivity index (χ0n) is 21.5. The first kappa shape index (κ1) is 26.7. The minimum absolute atomic E-state index is 0.00627. The van der Waals surface area contributed by atoms with E-state index in [0.717, 1.165) is 43.9 Å². The van der Waals surface area contributed by atoms with Gasteiger partial charge in [0.05, 0.1) is 17.8 Å². The van der Waals surface area contributed by atoms with Crippen molar-refractivity contribution in [3.63, 3.8) is 0 Å². The van der Waals surface area contributed by atoms with E-state index in [4.69, 9.17) is 18.4 Å². The Kier molecular flexibility index (Phi) is 8.40. The average molecular weight is 555 g/mol. The van der Waals surface area contributed by atoms with E-state index >= 15 is 0 Å². The van der Waals surface area contributed by atoms with Crippen molar-refractivity contribution in [3.05, 3.63) is 54.2 Å². The Morgan fingerprint density at radius 2 is 1.90 bits per heavy atom. The molecule has 1 aliphatic carbocycles. The molecule has 5 rings (SSSR count). The molecule has 0 saturated heterocycles. The molecule has 1 aromatic carbocycles. The van der Waals surface area contributed by atoms with Gasteiger partial charge < -0.3 is 29.0 Å². The SMILES string of the molecule is Cc1cc(NC(=O)CSCC(=O)N(c2ccc3c(c2)OCO3)C(C(=O)NC2CCCCC2)c2ccco2)no1. The number of hydrogen-bond acceptors (Lipinski definition) is 9. The Morgan fingerprint density at radius 1 is 1.08 bits per heavy atom. The molecule has 0 spiro atoms. The van der Waals surface area contributed by atoms with Gasteiger partial charge in [0.1, 0.15) is 11.5 Å². The molecule has 0 bridgehead atoms. The number of hydrogen-bond donors (Lipinski definition) is 2. The van der Waals surface area contributed by atoms with E-state index in [9.17, 15) is 14.4 Å². The fourth-order valence-corrected chi connectivity index (χ4v) is 5.40. The molecule has 2 N–H and O–H groups in total. The Balaban J connectivity index is 1.36. The zero-order valence-corrected chi connectivity index (χ0v) is 22.3. The molecule has 3 aromatic rings. The Bertz CT molecular complexity index is 1300. The van der Waals surface area contributed by atoms with Crippen LogP contribution < -0.4 is 25.0 Å². The number of thioether (sulfide) groups is 1. The molecule has 1 aliphatic heterocycles. The monoisotopic (exact) mass is 554 g/mol. The molecule has 39 heavy (non-hydrogen) atoms. The predicted octanol–water partition coefficient (Wildman–Crippen LogP) is 4.20. The van der Waals surface area contributed by atoms with Crippen molar-refractivity contribution in [2.75, 3.05) is 28.5 Å². The fourth-order valence-electron chi connectivity index (χ4n) is 4.72. The number of nitrogens with one attached hydrogen (secondary N) is 2. The maximum Gasteiger partial charge on any atom is 0.251 e. The molecular weight excluding hydrogens is 524 g/mol. The first-order chi connectivity index (χ1) is 19.0. The highest BCUT2D eigenvalue weighted by atomic mass is 32.2. The number of benzene rings is 1. The van der Waals surface area contributed by atoms with E-state index in [1.165, 1.54) is 11.2 Å². The van der Waals surface area contributed by atoms with Crippen molar-refractivity contribution in [2.24, 2.45) is 0 Å². The van der Waals surface area contributed by atoms with Crippen molar-refractivity contribution in [1.82, 2.24) is 10.5 Å². The van der Waals surface area contributed by atoms with Crippen LogP contribution in [0.4, 0.5) is 11.5 Å². The summed E-state index contributed by atoms with van der Waals surface area (Å²) in [5, 5.41) is 9.51. The maximum absolute atomic E-state index is 13.8. The molecule has 2 aliphatic rings. The van der Waals surface area contributed by atoms with Gasteiger partial charge in [0.2, 0.25) is 18.6 Å². The highest BCUT2D eigenvalue weighted by Crippen LogP contribution is 2.38. The van der Waals surface area contributed by atoms with Crippen LogP contribution in [-0.2, 0) is 14.4 Å². The van der Waals surface area contributed by atoms with Gasteiger partial charge in [0.15, 0.2) is 23.4 Å². The summed E-state index contributed by atoms with van der Waals surface area (Å²) in [5.41, 5.74) is 0.451. The van der Waals surface area contributed by atoms with E-state index in [-0.39, 0.29) is 42.1 Å². The number of anilines is 2. The van der Waals surface area contributed by atoms with Crippen LogP contribution in [0.25, 0.3) is 0 Å². The summed E-state index contributed by atoms with van der Waals surface area (Å²) >= 11 is 1.13. The third kappa shape index (κ3) is 6.56. The van der Waals surface area contributed by atoms with E-state index in [1.54, 1.807) is 43.3 Å². The summed E-state index contributed by atoms with van der Waals surface area (Å²) in [6, 6.07) is 9.04. The Morgan fingerprint density at radius 3 is 2.64 bits per heavy atom. The van der Waals surface area contributed by atoms with Crippen LogP contribution in [-0.4, -0.2) is 47.2 Å². The lowest BCUT2D eigenvalue weighted by Crippen LogP contribution is -2.47. The third-order valence-corrected chi connectivity index (χ3v) is 7.45. The van der Waals surface area contributed by atoms with Gasteiger partial charge in [-0.25, -0.2) is 0 Å². The minimum atomic E-state index is -1.05. The molecule has 1 atom stereocenters. The van der Waals surface area contributed by atoms with Crippen molar-refractivity contribution in [1.29, 1.82) is 0 Å². The molecule has 3 heterocycles. The van der Waals surface area contributed by atoms with E-state index in [0.29, 0.717) is 34.5 Å². The normalized spacial score (nSPS) is 15.5. The van der Waals surface area contributed by atoms with Crippen LogP contribution in [0.5, 0.6) is 11.5 Å². The van der Waals surface area contributed by atoms with Crippen molar-refractivity contribution in [2.45, 2.75) is 51.1 Å². The van der Waals surface area contributed by atoms with Gasteiger partial charge in [-0.05, 0) is 44.0 Å². The summed E-state index contributed by atoms with van der Waals surface area (Å²) < 4.78 is 21.6. The molecule has 3 amide bonds. The number of aryl methyl sites for hydroxylation is 1. The smallest absolute Gasteiger partial charge is 0.251 e. The maximum atomic E-state index is 13.8. The van der Waals surface area contributed by atoms with Crippen LogP contribution >= 0.6 is 11.8 Å². The van der Waals surface area contributed by atoms with Crippen LogP contribution in [0.1, 0.15) is 49.7 Å². The first-order valence-electron chi connectivity index (χ1n) is 12.8. The van der Waals surface area contributed by atoms with Crippen LogP contribution in [0.2, 0.25) is 0 Å². The van der Waals surface area contributed by atoms with Gasteiger partial charge >= 0.3 is 0 Å². The lowest BCUT2D eigenvalue weighted by Gasteiger charge is -2.32. The molecule has 11 nitrogen and oxygen atoms in total. The highest BCUT2D eigenvalue weighted by Gasteiger charge is 2.36. The quantitative estimate of drug-likeness (QED) is 0.378. The number of ether oxygens (including phenoxy) is 2. The molecule has 1 unspecified atom stereocenters. The van der Waals surface area contributed by atoms with Gasteiger partial charge in [0, 0.05) is 23.9 Å². The van der Waals surface area contributed by atoms with Crippen molar-refractivity contribution in [3.8, 4) is 11.5 Å². The number of fused-ring (bicyclic) bond motifs is 1. The molecule has 12 heteroatoms. The number of rotatable bonds is 10. The Labute approximate surface area is 229 Å². The summed E-state index contributed by atoms with van der Waals surface area (Å²) in [6.07, 6.45) is 6.51. The predicted molar refractivity (Wildman–Crippen MR) is 144 cm³/mol. The van der Waals surface area contributed by atoms with Crippen molar-refractivity contribution < 1.29 is 32.8 Å². The lowest BCUT2D eigenvalue weighted by atomic mass is 9.95. The number of furan rings is 1. The second-order valence-corrected chi connectivity index (χ2v) is 10.4. The van der Waals surface area contributed by atoms with E-state index in [2.05, 4.69) is 15.8 Å². The van der Waals surface area contributed by atoms with Crippen molar-refractivity contribution >= 4 is 41.0 Å². The van der Waals surface area contributed by atoms with Crippen LogP contribution in [0, 0.1) is 6.92 Å². The summed E-state index contributed by atoms with van der Waals surface area (Å²) in [6.45, 7) is 1.80. The molecule has 206 valence electrons. The third-order valence-electron chi connectivity index (χ3n) is 6.53. The molecule has 2 aromatic heterocycles. The molecular formula is C27H30N4O7S. The zero-order chi connectivity index (χ0) is 27.2. The van der Waals surface area contributed by atoms with Gasteiger partial charge in [-0.3, -0.25) is 19.3 Å². The topological polar surface area (TPSA) is 136 Å². The number of carbonyl (C=O) groups excluding carboxylic acids is 3. The van der Waals surface area contributed by atoms with Gasteiger partial charge in [-0.1, -0.05) is 24.4 Å². The van der Waals surface area contributed by atoms with E-state index in [1.807, 2.05) is 0 Å². The number of amides is 3. The molecule has 1 saturated carbocycles. The number of nitrogens with zero attached hydrogens (tertiary/aromatic N) is 2. The number of carbonyl (C=O) groups is 3. The van der Waals surface area contributed by atoms with E-state index < -0.39 is 6.04 Å². The van der Waals surface area contributed by atoms with Crippen LogP contribution in [0.3, 0.4) is 0 Å². The second-order valence-electron chi connectivity index (χ2n) is 9.43. The first-order valence-corrected chi connectivity index (χ1v) is 14.0. The standard InChI is InChI=1S/C27H30N4O7S/c1-17-12-23(30-38-17)29-24(32)14-39-15-25(33)31(19-9-10-20-22(13-19)37-16-36-20)26(21-8-5-11-35-21)27(34)28-18-6-3-2-4-7-18/h5,8-13,18,26H,2-4,6-7,14-16H2,1H3,(H,28,34)(H,29,30,32).